The molecule has 0 aliphatic rings. The Morgan fingerprint density at radius 3 is 2.64 bits per heavy atom. The molecule has 0 aliphatic carbocycles. The molecule has 0 atom stereocenters. The summed E-state index contributed by atoms with van der Waals surface area (Å²) in [5.41, 5.74) is 1.25. The van der Waals surface area contributed by atoms with Crippen molar-refractivity contribution in [2.45, 2.75) is 51.9 Å². The maximum atomic E-state index is 3.99. The van der Waals surface area contributed by atoms with Gasteiger partial charge in [-0.1, -0.05) is 45.1 Å². The van der Waals surface area contributed by atoms with Crippen LogP contribution >= 0.6 is 0 Å². The molecule has 14 heavy (non-hydrogen) atoms. The van der Waals surface area contributed by atoms with Crippen molar-refractivity contribution in [1.29, 1.82) is 0 Å². The van der Waals surface area contributed by atoms with Crippen LogP contribution in [0.15, 0.2) is 18.3 Å². The van der Waals surface area contributed by atoms with Crippen molar-refractivity contribution in [3.63, 3.8) is 0 Å². The standard InChI is InChI=1S/C13H20N/c1-2-3-4-5-6-7-9-13-10-8-11-14-12-13/h8,10-11H,2-7,9H2,1H3. The molecule has 0 fully saturated rings. The molecule has 1 aromatic rings. The van der Waals surface area contributed by atoms with E-state index in [1.54, 1.807) is 6.20 Å². The van der Waals surface area contributed by atoms with Gasteiger partial charge in [0.1, 0.15) is 0 Å². The highest BCUT2D eigenvalue weighted by molar-refractivity contribution is 5.06. The number of aromatic nitrogens is 1. The van der Waals surface area contributed by atoms with Gasteiger partial charge in [0.25, 0.3) is 0 Å². The molecular formula is C13H20N. The maximum Gasteiger partial charge on any atom is 0.0920 e. The number of unbranched alkanes of at least 4 members (excludes halogenated alkanes) is 5. The third-order valence-corrected chi connectivity index (χ3v) is 2.47. The van der Waals surface area contributed by atoms with Crippen LogP contribution in [0.25, 0.3) is 0 Å². The number of nitrogens with zero attached hydrogens (tertiary/aromatic N) is 1. The first-order valence-corrected chi connectivity index (χ1v) is 5.75. The van der Waals surface area contributed by atoms with Crippen LogP contribution in [0.1, 0.15) is 51.0 Å². The Labute approximate surface area is 87.6 Å². The molecule has 0 N–H and O–H groups in total. The van der Waals surface area contributed by atoms with Gasteiger partial charge in [-0.25, -0.2) is 0 Å². The van der Waals surface area contributed by atoms with E-state index in [1.807, 2.05) is 6.07 Å². The topological polar surface area (TPSA) is 12.9 Å². The van der Waals surface area contributed by atoms with Crippen LogP contribution < -0.4 is 0 Å². The maximum absolute atomic E-state index is 3.99. The van der Waals surface area contributed by atoms with Crippen LogP contribution in [0.2, 0.25) is 0 Å². The van der Waals surface area contributed by atoms with E-state index in [0.29, 0.717) is 0 Å². The van der Waals surface area contributed by atoms with Gasteiger partial charge < -0.3 is 0 Å². The Morgan fingerprint density at radius 2 is 1.93 bits per heavy atom. The summed E-state index contributed by atoms with van der Waals surface area (Å²) >= 11 is 0. The molecule has 1 heteroatoms. The molecule has 77 valence electrons. The second kappa shape index (κ2) is 7.54. The lowest BCUT2D eigenvalue weighted by atomic mass is 10.1. The Hall–Kier alpha value is -0.850. The summed E-state index contributed by atoms with van der Waals surface area (Å²) in [6.45, 7) is 2.25. The molecule has 0 bridgehead atoms. The monoisotopic (exact) mass is 190 g/mol. The zero-order valence-electron chi connectivity index (χ0n) is 9.13. The summed E-state index contributed by atoms with van der Waals surface area (Å²) in [5, 5.41) is 0. The minimum absolute atomic E-state index is 1.14. The third-order valence-electron chi connectivity index (χ3n) is 2.47. The zero-order valence-corrected chi connectivity index (χ0v) is 9.13. The number of pyridine rings is 1. The average molecular weight is 190 g/mol. The van der Waals surface area contributed by atoms with Crippen molar-refractivity contribution < 1.29 is 0 Å². The lowest BCUT2D eigenvalue weighted by Gasteiger charge is -2.00. The summed E-state index contributed by atoms with van der Waals surface area (Å²) < 4.78 is 0. The minimum atomic E-state index is 1.14. The lowest BCUT2D eigenvalue weighted by Crippen LogP contribution is -1.87. The van der Waals surface area contributed by atoms with E-state index < -0.39 is 0 Å². The van der Waals surface area contributed by atoms with Crippen molar-refractivity contribution in [2.24, 2.45) is 0 Å². The van der Waals surface area contributed by atoms with Gasteiger partial charge in [0, 0.05) is 6.20 Å². The molecule has 0 spiro atoms. The van der Waals surface area contributed by atoms with Gasteiger partial charge in [-0.3, -0.25) is 4.98 Å². The van der Waals surface area contributed by atoms with Crippen molar-refractivity contribution in [3.8, 4) is 0 Å². The summed E-state index contributed by atoms with van der Waals surface area (Å²) in [6.07, 6.45) is 14.1. The van der Waals surface area contributed by atoms with Crippen molar-refractivity contribution in [1.82, 2.24) is 4.98 Å². The Morgan fingerprint density at radius 1 is 1.14 bits per heavy atom. The minimum Gasteiger partial charge on any atom is -0.254 e. The SMILES string of the molecule is CCCCCCCCc1[c]nccc1. The number of rotatable bonds is 7. The molecule has 0 aromatic carbocycles. The molecule has 1 radical (unpaired) electrons. The number of aryl methyl sites for hydroxylation is 1. The molecule has 0 saturated heterocycles. The summed E-state index contributed by atoms with van der Waals surface area (Å²) in [5.74, 6) is 0. The largest absolute Gasteiger partial charge is 0.254 e. The fraction of sp³-hybridized carbons (Fsp3) is 0.615. The second-order valence-electron chi connectivity index (χ2n) is 3.79. The first kappa shape index (κ1) is 11.2. The van der Waals surface area contributed by atoms with Gasteiger partial charge in [0.2, 0.25) is 0 Å². The van der Waals surface area contributed by atoms with Crippen LogP contribution in [-0.2, 0) is 6.42 Å². The fourth-order valence-corrected chi connectivity index (χ4v) is 1.59. The predicted octanol–water partition coefficient (Wildman–Crippen LogP) is 3.78. The fourth-order valence-electron chi connectivity index (χ4n) is 1.59. The highest BCUT2D eigenvalue weighted by Gasteiger charge is 1.93. The van der Waals surface area contributed by atoms with E-state index >= 15 is 0 Å². The van der Waals surface area contributed by atoms with Crippen LogP contribution in [0.5, 0.6) is 0 Å². The molecule has 0 saturated carbocycles. The van der Waals surface area contributed by atoms with Crippen LogP contribution in [-0.4, -0.2) is 4.98 Å². The Bertz CT molecular complexity index is 218. The molecule has 0 aliphatic heterocycles. The van der Waals surface area contributed by atoms with Gasteiger partial charge >= 0.3 is 0 Å². The van der Waals surface area contributed by atoms with Crippen molar-refractivity contribution in [3.05, 3.63) is 30.1 Å². The first-order chi connectivity index (χ1) is 6.93. The van der Waals surface area contributed by atoms with E-state index in [-0.39, 0.29) is 0 Å². The van der Waals surface area contributed by atoms with E-state index in [4.69, 9.17) is 0 Å². The smallest absolute Gasteiger partial charge is 0.0920 e. The van der Waals surface area contributed by atoms with Crippen molar-refractivity contribution >= 4 is 0 Å². The quantitative estimate of drug-likeness (QED) is 0.596. The zero-order chi connectivity index (χ0) is 10.1. The number of hydrogen-bond donors (Lipinski definition) is 0. The van der Waals surface area contributed by atoms with Gasteiger partial charge in [-0.05, 0) is 24.5 Å². The van der Waals surface area contributed by atoms with Gasteiger partial charge in [0.15, 0.2) is 0 Å². The van der Waals surface area contributed by atoms with E-state index in [9.17, 15) is 0 Å². The van der Waals surface area contributed by atoms with Gasteiger partial charge in [-0.2, -0.15) is 0 Å². The third kappa shape index (κ3) is 5.00. The molecule has 0 amide bonds. The highest BCUT2D eigenvalue weighted by Crippen LogP contribution is 2.08. The van der Waals surface area contributed by atoms with Crippen molar-refractivity contribution in [2.75, 3.05) is 0 Å². The lowest BCUT2D eigenvalue weighted by molar-refractivity contribution is 0.607. The van der Waals surface area contributed by atoms with E-state index in [1.165, 1.54) is 44.1 Å². The summed E-state index contributed by atoms with van der Waals surface area (Å²) in [6, 6.07) is 4.10. The first-order valence-electron chi connectivity index (χ1n) is 5.75. The normalized spacial score (nSPS) is 10.4. The molecule has 1 rings (SSSR count). The van der Waals surface area contributed by atoms with Crippen LogP contribution in [0.3, 0.4) is 0 Å². The molecular weight excluding hydrogens is 170 g/mol. The predicted molar refractivity (Wildman–Crippen MR) is 60.2 cm³/mol. The van der Waals surface area contributed by atoms with E-state index in [0.717, 1.165) is 6.42 Å². The van der Waals surface area contributed by atoms with E-state index in [2.05, 4.69) is 24.2 Å². The molecule has 1 aromatic heterocycles. The summed E-state index contributed by atoms with van der Waals surface area (Å²) in [4.78, 5) is 3.99. The van der Waals surface area contributed by atoms with Crippen LogP contribution in [0.4, 0.5) is 0 Å². The summed E-state index contributed by atoms with van der Waals surface area (Å²) in [7, 11) is 0. The van der Waals surface area contributed by atoms with Gasteiger partial charge in [-0.15, -0.1) is 0 Å². The Balaban J connectivity index is 1.99. The number of hydrogen-bond acceptors (Lipinski definition) is 1. The average Bonchev–Trinajstić information content (AvgIpc) is 2.25. The highest BCUT2D eigenvalue weighted by atomic mass is 14.6. The van der Waals surface area contributed by atoms with Crippen LogP contribution in [0, 0.1) is 6.20 Å². The molecule has 0 unspecified atom stereocenters. The Kier molecular flexibility index (Phi) is 6.05. The second-order valence-corrected chi connectivity index (χ2v) is 3.79. The molecule has 1 heterocycles. The molecule has 1 nitrogen and oxygen atoms in total. The van der Waals surface area contributed by atoms with Gasteiger partial charge in [0.05, 0.1) is 6.20 Å².